The predicted molar refractivity (Wildman–Crippen MR) is 80.0 cm³/mol. The molecule has 0 bridgehead atoms. The Hall–Kier alpha value is -1.88. The minimum atomic E-state index is -0.344. The fourth-order valence-electron chi connectivity index (χ4n) is 3.25. The molecule has 21 heavy (non-hydrogen) atoms. The van der Waals surface area contributed by atoms with Crippen LogP contribution < -0.4 is 10.6 Å². The van der Waals surface area contributed by atoms with Crippen LogP contribution >= 0.6 is 0 Å². The lowest BCUT2D eigenvalue weighted by Gasteiger charge is -2.35. The Morgan fingerprint density at radius 3 is 3.05 bits per heavy atom. The van der Waals surface area contributed by atoms with Crippen LogP contribution in [0, 0.1) is 0 Å². The second-order valence-corrected chi connectivity index (χ2v) is 5.58. The summed E-state index contributed by atoms with van der Waals surface area (Å²) in [5, 5.41) is 6.16. The minimum Gasteiger partial charge on any atom is -0.353 e. The van der Waals surface area contributed by atoms with Gasteiger partial charge in [0.05, 0.1) is 0 Å². The van der Waals surface area contributed by atoms with Gasteiger partial charge in [-0.15, -0.1) is 0 Å². The van der Waals surface area contributed by atoms with Gasteiger partial charge >= 0.3 is 0 Å². The van der Waals surface area contributed by atoms with Crippen LogP contribution in [0.1, 0.15) is 34.8 Å². The Kier molecular flexibility index (Phi) is 3.92. The molecule has 2 aliphatic rings. The normalized spacial score (nSPS) is 21.7. The molecule has 1 atom stereocenters. The van der Waals surface area contributed by atoms with Crippen molar-refractivity contribution in [2.45, 2.75) is 32.4 Å². The van der Waals surface area contributed by atoms with Crippen LogP contribution in [-0.2, 0) is 17.8 Å². The van der Waals surface area contributed by atoms with E-state index in [4.69, 9.17) is 0 Å². The number of benzene rings is 1. The lowest BCUT2D eigenvalue weighted by atomic mass is 9.94. The van der Waals surface area contributed by atoms with Crippen LogP contribution in [0.25, 0.3) is 0 Å². The van der Waals surface area contributed by atoms with Gasteiger partial charge in [0.2, 0.25) is 5.91 Å². The molecule has 112 valence electrons. The van der Waals surface area contributed by atoms with Crippen LogP contribution in [0.5, 0.6) is 0 Å². The number of amides is 2. The third-order valence-corrected chi connectivity index (χ3v) is 4.35. The van der Waals surface area contributed by atoms with E-state index in [9.17, 15) is 9.59 Å². The zero-order valence-corrected chi connectivity index (χ0v) is 12.3. The topological polar surface area (TPSA) is 61.4 Å². The summed E-state index contributed by atoms with van der Waals surface area (Å²) < 4.78 is 0. The van der Waals surface area contributed by atoms with Gasteiger partial charge in [0.25, 0.3) is 5.91 Å². The zero-order chi connectivity index (χ0) is 14.8. The van der Waals surface area contributed by atoms with Gasteiger partial charge in [0.1, 0.15) is 6.04 Å². The van der Waals surface area contributed by atoms with Crippen molar-refractivity contribution in [2.75, 3.05) is 19.6 Å². The number of hydrogen-bond acceptors (Lipinski definition) is 3. The second-order valence-electron chi connectivity index (χ2n) is 5.58. The SMILES string of the molecule is CCC1C(=O)NCCN1C(=O)c1cccc2c1CCNC2. The van der Waals surface area contributed by atoms with Gasteiger partial charge in [0.15, 0.2) is 0 Å². The molecule has 0 radical (unpaired) electrons. The first kappa shape index (κ1) is 14.1. The Balaban J connectivity index is 1.93. The van der Waals surface area contributed by atoms with Gasteiger partial charge < -0.3 is 15.5 Å². The van der Waals surface area contributed by atoms with Crippen molar-refractivity contribution in [3.05, 3.63) is 34.9 Å². The Morgan fingerprint density at radius 1 is 1.38 bits per heavy atom. The maximum atomic E-state index is 12.9. The molecular formula is C16H21N3O2. The molecule has 0 saturated carbocycles. The van der Waals surface area contributed by atoms with Crippen molar-refractivity contribution in [1.82, 2.24) is 15.5 Å². The van der Waals surface area contributed by atoms with Gasteiger partial charge in [0, 0.05) is 25.2 Å². The Morgan fingerprint density at radius 2 is 2.24 bits per heavy atom. The van der Waals surface area contributed by atoms with Crippen molar-refractivity contribution in [1.29, 1.82) is 0 Å². The number of fused-ring (bicyclic) bond motifs is 1. The maximum Gasteiger partial charge on any atom is 0.254 e. The standard InChI is InChI=1S/C16H21N3O2/c1-2-14-15(20)18-8-9-19(14)16(21)13-5-3-4-11-10-17-7-6-12(11)13/h3-5,14,17H,2,6-10H2,1H3,(H,18,20). The van der Waals surface area contributed by atoms with Crippen molar-refractivity contribution in [3.63, 3.8) is 0 Å². The van der Waals surface area contributed by atoms with Crippen LogP contribution in [0.4, 0.5) is 0 Å². The van der Waals surface area contributed by atoms with Crippen LogP contribution in [0.2, 0.25) is 0 Å². The highest BCUT2D eigenvalue weighted by Crippen LogP contribution is 2.22. The summed E-state index contributed by atoms with van der Waals surface area (Å²) in [6.07, 6.45) is 1.52. The first-order valence-corrected chi connectivity index (χ1v) is 7.62. The maximum absolute atomic E-state index is 12.9. The largest absolute Gasteiger partial charge is 0.353 e. The monoisotopic (exact) mass is 287 g/mol. The molecule has 1 aromatic carbocycles. The van der Waals surface area contributed by atoms with Gasteiger partial charge in [-0.3, -0.25) is 9.59 Å². The van der Waals surface area contributed by atoms with E-state index in [-0.39, 0.29) is 17.9 Å². The van der Waals surface area contributed by atoms with E-state index >= 15 is 0 Å². The fourth-order valence-corrected chi connectivity index (χ4v) is 3.25. The number of nitrogens with zero attached hydrogens (tertiary/aromatic N) is 1. The highest BCUT2D eigenvalue weighted by molar-refractivity contribution is 5.99. The molecule has 2 N–H and O–H groups in total. The molecule has 3 rings (SSSR count). The number of nitrogens with one attached hydrogen (secondary N) is 2. The molecule has 1 unspecified atom stereocenters. The summed E-state index contributed by atoms with van der Waals surface area (Å²) >= 11 is 0. The van der Waals surface area contributed by atoms with E-state index in [0.717, 1.165) is 30.6 Å². The number of piperazine rings is 1. The molecule has 0 aromatic heterocycles. The van der Waals surface area contributed by atoms with Gasteiger partial charge in [-0.1, -0.05) is 19.1 Å². The van der Waals surface area contributed by atoms with Crippen LogP contribution in [0.15, 0.2) is 18.2 Å². The minimum absolute atomic E-state index is 0.00421. The molecule has 5 nitrogen and oxygen atoms in total. The summed E-state index contributed by atoms with van der Waals surface area (Å²) in [4.78, 5) is 26.6. The summed E-state index contributed by atoms with van der Waals surface area (Å²) in [6.45, 7) is 4.78. The van der Waals surface area contributed by atoms with Crippen molar-refractivity contribution >= 4 is 11.8 Å². The van der Waals surface area contributed by atoms with Crippen molar-refractivity contribution < 1.29 is 9.59 Å². The van der Waals surface area contributed by atoms with Gasteiger partial charge in [-0.25, -0.2) is 0 Å². The lowest BCUT2D eigenvalue weighted by molar-refractivity contribution is -0.127. The van der Waals surface area contributed by atoms with E-state index in [1.54, 1.807) is 4.90 Å². The van der Waals surface area contributed by atoms with E-state index in [1.807, 2.05) is 19.1 Å². The highest BCUT2D eigenvalue weighted by Gasteiger charge is 2.33. The van der Waals surface area contributed by atoms with Gasteiger partial charge in [-0.05, 0) is 36.6 Å². The third-order valence-electron chi connectivity index (χ3n) is 4.35. The number of carbonyl (C=O) groups is 2. The quantitative estimate of drug-likeness (QED) is 0.841. The summed E-state index contributed by atoms with van der Waals surface area (Å²) in [5.74, 6) is -0.0426. The van der Waals surface area contributed by atoms with E-state index in [2.05, 4.69) is 16.7 Å². The number of carbonyl (C=O) groups excluding carboxylic acids is 2. The first-order chi connectivity index (χ1) is 10.2. The van der Waals surface area contributed by atoms with Crippen LogP contribution in [0.3, 0.4) is 0 Å². The van der Waals surface area contributed by atoms with E-state index < -0.39 is 0 Å². The lowest BCUT2D eigenvalue weighted by Crippen LogP contribution is -2.57. The molecule has 0 spiro atoms. The average Bonchev–Trinajstić information content (AvgIpc) is 2.53. The summed E-state index contributed by atoms with van der Waals surface area (Å²) in [6, 6.07) is 5.55. The molecule has 1 saturated heterocycles. The summed E-state index contributed by atoms with van der Waals surface area (Å²) in [5.41, 5.74) is 3.10. The Labute approximate surface area is 124 Å². The van der Waals surface area contributed by atoms with Crippen molar-refractivity contribution in [2.24, 2.45) is 0 Å². The molecule has 5 heteroatoms. The first-order valence-electron chi connectivity index (χ1n) is 7.62. The van der Waals surface area contributed by atoms with Crippen molar-refractivity contribution in [3.8, 4) is 0 Å². The smallest absolute Gasteiger partial charge is 0.254 e. The Bertz CT molecular complexity index is 571. The van der Waals surface area contributed by atoms with E-state index in [1.165, 1.54) is 5.56 Å². The van der Waals surface area contributed by atoms with E-state index in [0.29, 0.717) is 19.5 Å². The number of rotatable bonds is 2. The third kappa shape index (κ3) is 2.53. The highest BCUT2D eigenvalue weighted by atomic mass is 16.2. The molecule has 1 fully saturated rings. The molecule has 2 heterocycles. The van der Waals surface area contributed by atoms with Gasteiger partial charge in [-0.2, -0.15) is 0 Å². The number of hydrogen-bond donors (Lipinski definition) is 2. The predicted octanol–water partition coefficient (Wildman–Crippen LogP) is 0.683. The zero-order valence-electron chi connectivity index (χ0n) is 12.3. The second kappa shape index (κ2) is 5.85. The molecule has 0 aliphatic carbocycles. The molecule has 1 aromatic rings. The fraction of sp³-hybridized carbons (Fsp3) is 0.500. The summed E-state index contributed by atoms with van der Waals surface area (Å²) in [7, 11) is 0. The average molecular weight is 287 g/mol. The molecule has 2 aliphatic heterocycles. The van der Waals surface area contributed by atoms with Crippen LogP contribution in [-0.4, -0.2) is 42.4 Å². The molecule has 2 amide bonds. The molecular weight excluding hydrogens is 266 g/mol.